The fourth-order valence-corrected chi connectivity index (χ4v) is 2.00. The summed E-state index contributed by atoms with van der Waals surface area (Å²) in [7, 11) is 1.71. The van der Waals surface area contributed by atoms with Crippen molar-refractivity contribution in [3.63, 3.8) is 0 Å². The molecule has 1 amide bonds. The van der Waals surface area contributed by atoms with E-state index in [1.807, 2.05) is 0 Å². The van der Waals surface area contributed by atoms with Crippen molar-refractivity contribution < 1.29 is 14.7 Å². The Bertz CT molecular complexity index is 443. The van der Waals surface area contributed by atoms with E-state index in [1.165, 1.54) is 17.3 Å². The first-order valence-electron chi connectivity index (χ1n) is 7.05. The summed E-state index contributed by atoms with van der Waals surface area (Å²) in [5, 5.41) is 15.6. The summed E-state index contributed by atoms with van der Waals surface area (Å²) < 4.78 is 1.52. The molecule has 0 spiro atoms. The summed E-state index contributed by atoms with van der Waals surface area (Å²) in [5.74, 6) is -1.30. The number of carbonyl (C=O) groups excluding carboxylic acids is 1. The Kier molecular flexibility index (Phi) is 6.76. The third-order valence-corrected chi connectivity index (χ3v) is 3.12. The van der Waals surface area contributed by atoms with Gasteiger partial charge in [-0.2, -0.15) is 5.10 Å². The molecule has 1 heterocycles. The maximum Gasteiger partial charge on any atom is 0.331 e. The molecule has 0 aromatic carbocycles. The molecule has 0 saturated heterocycles. The second-order valence-corrected chi connectivity index (χ2v) is 4.95. The van der Waals surface area contributed by atoms with Crippen molar-refractivity contribution in [2.45, 2.75) is 51.5 Å². The molecule has 0 bridgehead atoms. The van der Waals surface area contributed by atoms with Crippen LogP contribution in [0.2, 0.25) is 0 Å². The Morgan fingerprint density at radius 1 is 1.35 bits per heavy atom. The smallest absolute Gasteiger partial charge is 0.331 e. The highest BCUT2D eigenvalue weighted by Crippen LogP contribution is 2.13. The van der Waals surface area contributed by atoms with Gasteiger partial charge in [0.2, 0.25) is 5.91 Å². The van der Waals surface area contributed by atoms with Crippen molar-refractivity contribution in [3.05, 3.63) is 18.0 Å². The predicted octanol–water partition coefficient (Wildman–Crippen LogP) is 2.02. The molecule has 112 valence electrons. The number of hydrogen-bond acceptors (Lipinski definition) is 3. The molecule has 1 rings (SSSR count). The highest BCUT2D eigenvalue weighted by atomic mass is 16.4. The van der Waals surface area contributed by atoms with E-state index in [4.69, 9.17) is 0 Å². The van der Waals surface area contributed by atoms with E-state index < -0.39 is 12.0 Å². The van der Waals surface area contributed by atoms with Crippen LogP contribution in [0.15, 0.2) is 12.4 Å². The third-order valence-electron chi connectivity index (χ3n) is 3.12. The van der Waals surface area contributed by atoms with Crippen LogP contribution in [0.25, 0.3) is 0 Å². The first-order chi connectivity index (χ1) is 9.54. The Balaban J connectivity index is 2.42. The maximum absolute atomic E-state index is 11.8. The minimum Gasteiger partial charge on any atom is -0.479 e. The molecule has 0 aliphatic carbocycles. The van der Waals surface area contributed by atoms with Gasteiger partial charge in [0.25, 0.3) is 0 Å². The quantitative estimate of drug-likeness (QED) is 0.678. The Morgan fingerprint density at radius 3 is 2.60 bits per heavy atom. The zero-order valence-electron chi connectivity index (χ0n) is 12.1. The first kappa shape index (κ1) is 16.2. The Labute approximate surface area is 119 Å². The van der Waals surface area contributed by atoms with E-state index in [-0.39, 0.29) is 5.91 Å². The lowest BCUT2D eigenvalue weighted by Gasteiger charge is -2.12. The number of carboxylic acid groups (broad SMARTS) is 1. The molecule has 1 aromatic heterocycles. The topological polar surface area (TPSA) is 84.2 Å². The maximum atomic E-state index is 11.8. The summed E-state index contributed by atoms with van der Waals surface area (Å²) >= 11 is 0. The molecule has 2 N–H and O–H groups in total. The number of amides is 1. The van der Waals surface area contributed by atoms with Crippen molar-refractivity contribution >= 4 is 11.9 Å². The minimum absolute atomic E-state index is 0.224. The summed E-state index contributed by atoms with van der Waals surface area (Å²) in [5.41, 5.74) is 0.485. The fourth-order valence-electron chi connectivity index (χ4n) is 2.00. The highest BCUT2D eigenvalue weighted by molar-refractivity contribution is 5.84. The number of aryl methyl sites for hydroxylation is 1. The van der Waals surface area contributed by atoms with Crippen molar-refractivity contribution in [2.24, 2.45) is 7.05 Å². The van der Waals surface area contributed by atoms with Gasteiger partial charge in [0.1, 0.15) is 0 Å². The molecule has 1 atom stereocenters. The molecule has 0 saturated carbocycles. The van der Waals surface area contributed by atoms with Gasteiger partial charge in [0.15, 0.2) is 6.04 Å². The number of nitrogens with one attached hydrogen (secondary N) is 1. The number of nitrogens with zero attached hydrogens (tertiary/aromatic N) is 2. The van der Waals surface area contributed by atoms with Crippen LogP contribution in [0.4, 0.5) is 0 Å². The van der Waals surface area contributed by atoms with Gasteiger partial charge in [-0.05, 0) is 6.42 Å². The lowest BCUT2D eigenvalue weighted by Crippen LogP contribution is -2.33. The Hall–Kier alpha value is -1.85. The summed E-state index contributed by atoms with van der Waals surface area (Å²) in [6, 6.07) is -1.02. The van der Waals surface area contributed by atoms with Gasteiger partial charge < -0.3 is 10.4 Å². The van der Waals surface area contributed by atoms with Crippen molar-refractivity contribution in [3.8, 4) is 0 Å². The van der Waals surface area contributed by atoms with E-state index in [9.17, 15) is 14.7 Å². The molecule has 20 heavy (non-hydrogen) atoms. The van der Waals surface area contributed by atoms with Gasteiger partial charge in [0, 0.05) is 25.2 Å². The summed E-state index contributed by atoms with van der Waals surface area (Å²) in [6.45, 7) is 2.14. The first-order valence-corrected chi connectivity index (χ1v) is 7.05. The van der Waals surface area contributed by atoms with E-state index >= 15 is 0 Å². The average molecular weight is 281 g/mol. The monoisotopic (exact) mass is 281 g/mol. The predicted molar refractivity (Wildman–Crippen MR) is 75.1 cm³/mol. The zero-order valence-corrected chi connectivity index (χ0v) is 12.1. The zero-order chi connectivity index (χ0) is 15.0. The lowest BCUT2D eigenvalue weighted by molar-refractivity contribution is -0.142. The SMILES string of the molecule is CCCCCCCC(=O)NC(C(=O)O)c1cnn(C)c1. The number of hydrogen-bond donors (Lipinski definition) is 2. The van der Waals surface area contributed by atoms with Crippen molar-refractivity contribution in [1.82, 2.24) is 15.1 Å². The van der Waals surface area contributed by atoms with E-state index in [0.717, 1.165) is 25.7 Å². The largest absolute Gasteiger partial charge is 0.479 e. The van der Waals surface area contributed by atoms with Crippen LogP contribution in [0, 0.1) is 0 Å². The second kappa shape index (κ2) is 8.35. The van der Waals surface area contributed by atoms with Crippen LogP contribution < -0.4 is 5.32 Å². The van der Waals surface area contributed by atoms with Crippen LogP contribution >= 0.6 is 0 Å². The van der Waals surface area contributed by atoms with Crippen LogP contribution in [0.3, 0.4) is 0 Å². The molecule has 1 aromatic rings. The molecule has 0 radical (unpaired) electrons. The van der Waals surface area contributed by atoms with Gasteiger partial charge in [-0.3, -0.25) is 9.48 Å². The summed E-state index contributed by atoms with van der Waals surface area (Å²) in [4.78, 5) is 23.0. The molecular weight excluding hydrogens is 258 g/mol. The number of rotatable bonds is 9. The van der Waals surface area contributed by atoms with Crippen LogP contribution in [-0.4, -0.2) is 26.8 Å². The van der Waals surface area contributed by atoms with Crippen LogP contribution in [-0.2, 0) is 16.6 Å². The van der Waals surface area contributed by atoms with Crippen molar-refractivity contribution in [2.75, 3.05) is 0 Å². The number of aliphatic carboxylic acids is 1. The van der Waals surface area contributed by atoms with E-state index in [2.05, 4.69) is 17.3 Å². The minimum atomic E-state index is -1.07. The average Bonchev–Trinajstić information content (AvgIpc) is 2.81. The molecular formula is C14H23N3O3. The van der Waals surface area contributed by atoms with Gasteiger partial charge in [-0.15, -0.1) is 0 Å². The highest BCUT2D eigenvalue weighted by Gasteiger charge is 2.23. The third kappa shape index (κ3) is 5.42. The fraction of sp³-hybridized carbons (Fsp3) is 0.643. The van der Waals surface area contributed by atoms with Crippen LogP contribution in [0.5, 0.6) is 0 Å². The number of carbonyl (C=O) groups is 2. The lowest BCUT2D eigenvalue weighted by atomic mass is 10.1. The van der Waals surface area contributed by atoms with Crippen LogP contribution in [0.1, 0.15) is 57.1 Å². The summed E-state index contributed by atoms with van der Waals surface area (Å²) in [6.07, 6.45) is 8.68. The molecule has 0 aliphatic heterocycles. The van der Waals surface area contributed by atoms with Gasteiger partial charge >= 0.3 is 5.97 Å². The normalized spacial score (nSPS) is 12.1. The molecule has 0 fully saturated rings. The van der Waals surface area contributed by atoms with Gasteiger partial charge in [-0.1, -0.05) is 32.6 Å². The van der Waals surface area contributed by atoms with E-state index in [0.29, 0.717) is 12.0 Å². The number of carboxylic acids is 1. The molecule has 6 heteroatoms. The number of unbranched alkanes of at least 4 members (excludes halogenated alkanes) is 4. The number of aromatic nitrogens is 2. The second-order valence-electron chi connectivity index (χ2n) is 4.95. The van der Waals surface area contributed by atoms with Gasteiger partial charge in [-0.25, -0.2) is 4.79 Å². The van der Waals surface area contributed by atoms with E-state index in [1.54, 1.807) is 13.2 Å². The van der Waals surface area contributed by atoms with Gasteiger partial charge in [0.05, 0.1) is 6.20 Å². The van der Waals surface area contributed by atoms with Crippen molar-refractivity contribution in [1.29, 1.82) is 0 Å². The molecule has 0 aliphatic rings. The standard InChI is InChI=1S/C14H23N3O3/c1-3-4-5-6-7-8-12(18)16-13(14(19)20)11-9-15-17(2)10-11/h9-10,13H,3-8H2,1-2H3,(H,16,18)(H,19,20). The Morgan fingerprint density at radius 2 is 2.05 bits per heavy atom. The molecule has 6 nitrogen and oxygen atoms in total. The molecule has 1 unspecified atom stereocenters.